The standard InChI is InChI=1S/C52H28Br4S12.C5H10.2CH3.Co.HI/c53-45-21-17-37(65-45)33-5-1-25(57-33)29-9-13-41(61-29)49-50(42-14-10-30(62-42)26-2-6-34(58-26)38-18-22-46(54)66-38)52(44-16-12-32(64-44)28-4-8-36(60-28)40-20-24-48(56)68-40)51(49)43-15-11-31(63-43)27-3-7-35(59-27)39-19-23-47(55)67-39;1-2-4-5-3-1;;;;/h1-24,49-52H;1-5H2;2*1H3;;1H/q;;2*-1;+2;. The Morgan fingerprint density at radius 3 is 0.532 bits per heavy atom. The van der Waals surface area contributed by atoms with Crippen molar-refractivity contribution in [2.24, 2.45) is 0 Å². The molecule has 18 heteroatoms. The molecule has 12 aromatic rings. The molecule has 77 heavy (non-hydrogen) atoms. The van der Waals surface area contributed by atoms with Crippen molar-refractivity contribution >= 4 is 224 Å². The summed E-state index contributed by atoms with van der Waals surface area (Å²) in [5.74, 6) is 1.30. The monoisotopic (exact) mass is 1640 g/mol. The van der Waals surface area contributed by atoms with Crippen LogP contribution in [0.3, 0.4) is 0 Å². The molecule has 0 spiro atoms. The average Bonchev–Trinajstić information content (AvgIpc) is 4.21. The number of halogens is 5. The molecule has 0 amide bonds. The van der Waals surface area contributed by atoms with Gasteiger partial charge in [0, 0.05) is 121 Å². The molecule has 12 aromatic heterocycles. The predicted octanol–water partition coefficient (Wildman–Crippen LogP) is 27.7. The Hall–Kier alpha value is -0.444. The van der Waals surface area contributed by atoms with Crippen LogP contribution in [0.15, 0.2) is 161 Å². The summed E-state index contributed by atoms with van der Waals surface area (Å²) in [5.41, 5.74) is 0. The second kappa shape index (κ2) is 27.1. The van der Waals surface area contributed by atoms with Crippen molar-refractivity contribution in [1.29, 1.82) is 0 Å². The molecule has 0 aliphatic heterocycles. The predicted molar refractivity (Wildman–Crippen MR) is 377 cm³/mol. The van der Waals surface area contributed by atoms with Crippen LogP contribution in [0.2, 0.25) is 0 Å². The zero-order chi connectivity index (χ0) is 49.2. The largest absolute Gasteiger partial charge is 2.00 e. The maximum Gasteiger partial charge on any atom is 2.00 e. The zero-order valence-electron chi connectivity index (χ0n) is 40.9. The molecule has 14 rings (SSSR count). The molecule has 2 fully saturated rings. The van der Waals surface area contributed by atoms with E-state index in [2.05, 4.69) is 209 Å². The zero-order valence-corrected chi connectivity index (χ0v) is 60.4. The van der Waals surface area contributed by atoms with E-state index in [1.807, 2.05) is 90.7 Å². The van der Waals surface area contributed by atoms with E-state index in [1.165, 1.54) is 145 Å². The first kappa shape index (κ1) is 61.1. The van der Waals surface area contributed by atoms with Gasteiger partial charge >= 0.3 is 16.8 Å². The van der Waals surface area contributed by atoms with E-state index >= 15 is 0 Å². The number of rotatable bonds is 12. The van der Waals surface area contributed by atoms with Gasteiger partial charge in [0.05, 0.1) is 15.1 Å². The van der Waals surface area contributed by atoms with Crippen LogP contribution in [0.5, 0.6) is 0 Å². The molecule has 2 aliphatic carbocycles. The third-order valence-electron chi connectivity index (χ3n) is 13.3. The van der Waals surface area contributed by atoms with Crippen LogP contribution in [-0.2, 0) is 16.8 Å². The number of hydrogen-bond acceptors (Lipinski definition) is 12. The summed E-state index contributed by atoms with van der Waals surface area (Å²) >= 11 is 37.6. The molecule has 0 atom stereocenters. The number of hydrogen-bond donors (Lipinski definition) is 0. The second-order valence-corrected chi connectivity index (χ2v) is 36.4. The first-order valence-electron chi connectivity index (χ1n) is 23.6. The number of thiophene rings is 12. The van der Waals surface area contributed by atoms with E-state index in [1.54, 1.807) is 45.3 Å². The van der Waals surface area contributed by atoms with Crippen LogP contribution < -0.4 is 0 Å². The van der Waals surface area contributed by atoms with Crippen molar-refractivity contribution in [3.8, 4) is 78.0 Å². The molecule has 2 saturated carbocycles. The van der Waals surface area contributed by atoms with Gasteiger partial charge in [-0.3, -0.25) is 0 Å². The Kier molecular flexibility index (Phi) is 21.5. The van der Waals surface area contributed by atoms with Gasteiger partial charge in [0.15, 0.2) is 0 Å². The molecule has 397 valence electrons. The van der Waals surface area contributed by atoms with Gasteiger partial charge in [-0.25, -0.2) is 0 Å². The van der Waals surface area contributed by atoms with E-state index < -0.39 is 0 Å². The van der Waals surface area contributed by atoms with Crippen LogP contribution >= 0.6 is 224 Å². The molecule has 0 unspecified atom stereocenters. The van der Waals surface area contributed by atoms with Gasteiger partial charge in [-0.1, -0.05) is 32.1 Å². The van der Waals surface area contributed by atoms with Gasteiger partial charge in [-0.05, 0) is 209 Å². The van der Waals surface area contributed by atoms with Crippen LogP contribution in [0.4, 0.5) is 0 Å². The molecular formula is C59H45Br4CoIS12. The van der Waals surface area contributed by atoms with Gasteiger partial charge in [-0.15, -0.1) is 160 Å². The van der Waals surface area contributed by atoms with Crippen molar-refractivity contribution < 1.29 is 16.8 Å². The smallest absolute Gasteiger partial charge is 0.358 e. The minimum atomic E-state index is 0. The van der Waals surface area contributed by atoms with Crippen LogP contribution in [0.25, 0.3) is 78.0 Å². The van der Waals surface area contributed by atoms with E-state index in [0.717, 1.165) is 0 Å². The second-order valence-electron chi connectivity index (χ2n) is 17.7. The Morgan fingerprint density at radius 2 is 0.364 bits per heavy atom. The average molecular weight is 1640 g/mol. The minimum absolute atomic E-state index is 0. The maximum atomic E-state index is 3.69. The Labute approximate surface area is 561 Å². The summed E-state index contributed by atoms with van der Waals surface area (Å²) < 4.78 is 4.67. The maximum absolute atomic E-state index is 3.69. The molecule has 0 saturated heterocycles. The van der Waals surface area contributed by atoms with E-state index in [4.69, 9.17) is 0 Å². The fraction of sp³-hybridized carbons (Fsp3) is 0.153. The van der Waals surface area contributed by atoms with Crippen LogP contribution in [0, 0.1) is 14.9 Å². The fourth-order valence-electron chi connectivity index (χ4n) is 9.90. The Bertz CT molecular complexity index is 3330. The molecule has 12 heterocycles. The van der Waals surface area contributed by atoms with Crippen molar-refractivity contribution in [3.05, 3.63) is 195 Å². The molecule has 0 bridgehead atoms. The van der Waals surface area contributed by atoms with Gasteiger partial charge in [0.25, 0.3) is 0 Å². The topological polar surface area (TPSA) is 0 Å². The van der Waals surface area contributed by atoms with Crippen LogP contribution in [-0.4, -0.2) is 0 Å². The van der Waals surface area contributed by atoms with Crippen LogP contribution in [0.1, 0.15) is 75.3 Å². The third kappa shape index (κ3) is 13.1. The molecule has 0 N–H and O–H groups in total. The molecule has 0 aromatic carbocycles. The molecular weight excluding hydrogens is 1600 g/mol. The van der Waals surface area contributed by atoms with Gasteiger partial charge in [0.2, 0.25) is 0 Å². The SMILES string of the molecule is Brc1ccc(-c2ccc(-c3ccc(C4C(c5ccc(-c6ccc(-c7ccc(Br)s7)s6)s5)C(c5ccc(-c6ccc(-c7ccc(Br)s7)s6)s5)C4c4ccc(-c5ccc(-c6ccc(Br)s6)s5)s4)s3)s2)s1.C1CCCC1.I.[CH3-].[CH3-].[Co+2]. The van der Waals surface area contributed by atoms with Crippen molar-refractivity contribution in [1.82, 2.24) is 0 Å². The van der Waals surface area contributed by atoms with Gasteiger partial charge in [0.1, 0.15) is 0 Å². The first-order chi connectivity index (χ1) is 35.7. The minimum Gasteiger partial charge on any atom is -0.358 e. The third-order valence-corrected chi connectivity index (χ3v) is 30.4. The molecule has 1 radical (unpaired) electrons. The van der Waals surface area contributed by atoms with Gasteiger partial charge in [-0.2, -0.15) is 0 Å². The molecule has 2 aliphatic rings. The molecule has 0 nitrogen and oxygen atoms in total. The van der Waals surface area contributed by atoms with Gasteiger partial charge < -0.3 is 14.9 Å². The first-order valence-corrected chi connectivity index (χ1v) is 36.5. The van der Waals surface area contributed by atoms with Crippen molar-refractivity contribution in [3.63, 3.8) is 0 Å². The van der Waals surface area contributed by atoms with E-state index in [9.17, 15) is 0 Å². The Morgan fingerprint density at radius 1 is 0.221 bits per heavy atom. The fourth-order valence-corrected chi connectivity index (χ4v) is 25.0. The summed E-state index contributed by atoms with van der Waals surface area (Å²) in [5, 5.41) is 0. The van der Waals surface area contributed by atoms with Crippen molar-refractivity contribution in [2.45, 2.75) is 55.8 Å². The summed E-state index contributed by atoms with van der Waals surface area (Å²) in [4.78, 5) is 27.2. The summed E-state index contributed by atoms with van der Waals surface area (Å²) in [6, 6.07) is 55.5. The summed E-state index contributed by atoms with van der Waals surface area (Å²) in [6.07, 6.45) is 7.50. The van der Waals surface area contributed by atoms with Crippen molar-refractivity contribution in [2.75, 3.05) is 0 Å². The normalized spacial score (nSPS) is 16.7. The van der Waals surface area contributed by atoms with E-state index in [-0.39, 0.29) is 55.6 Å². The quantitative estimate of drug-likeness (QED) is 0.0845. The van der Waals surface area contributed by atoms with E-state index in [0.29, 0.717) is 23.7 Å². The summed E-state index contributed by atoms with van der Waals surface area (Å²) in [6.45, 7) is 0. The Balaban J connectivity index is 0.000000761. The summed E-state index contributed by atoms with van der Waals surface area (Å²) in [7, 11) is 0.